The molecule has 0 saturated heterocycles. The monoisotopic (exact) mass is 250 g/mol. The van der Waals surface area contributed by atoms with Gasteiger partial charge in [0.2, 0.25) is 11.8 Å². The third kappa shape index (κ3) is 3.67. The molecule has 0 radical (unpaired) electrons. The molecule has 0 aliphatic rings. The van der Waals surface area contributed by atoms with Crippen molar-refractivity contribution in [1.29, 1.82) is 0 Å². The molecule has 0 amide bonds. The van der Waals surface area contributed by atoms with Crippen LogP contribution in [0.1, 0.15) is 11.9 Å². The average molecular weight is 250 g/mol. The first-order chi connectivity index (χ1) is 8.38. The summed E-state index contributed by atoms with van der Waals surface area (Å²) >= 11 is 1.65. The van der Waals surface area contributed by atoms with Gasteiger partial charge in [-0.25, -0.2) is 9.97 Å². The molecule has 5 nitrogen and oxygen atoms in total. The summed E-state index contributed by atoms with van der Waals surface area (Å²) in [7, 11) is 0. The maximum atomic E-state index is 5.30. The number of nitrogens with one attached hydrogen (secondary N) is 1. The van der Waals surface area contributed by atoms with Gasteiger partial charge in [-0.2, -0.15) is 4.98 Å². The lowest BCUT2D eigenvalue weighted by Gasteiger charge is -2.05. The minimum atomic E-state index is 0.590. The number of thiazole rings is 1. The van der Waals surface area contributed by atoms with Gasteiger partial charge in [-0.3, -0.25) is 0 Å². The number of nitrogens with zero attached hydrogens (tertiary/aromatic N) is 3. The van der Waals surface area contributed by atoms with Gasteiger partial charge in [0.1, 0.15) is 0 Å². The van der Waals surface area contributed by atoms with E-state index in [4.69, 9.17) is 4.74 Å². The van der Waals surface area contributed by atoms with E-state index in [1.165, 1.54) is 0 Å². The molecule has 0 fully saturated rings. The Hall–Kier alpha value is -1.69. The van der Waals surface area contributed by atoms with Gasteiger partial charge in [-0.15, -0.1) is 11.3 Å². The summed E-state index contributed by atoms with van der Waals surface area (Å²) < 4.78 is 5.30. The largest absolute Gasteiger partial charge is 0.478 e. The molecular weight excluding hydrogens is 236 g/mol. The van der Waals surface area contributed by atoms with Crippen molar-refractivity contribution in [3.63, 3.8) is 0 Å². The summed E-state index contributed by atoms with van der Waals surface area (Å²) in [5.41, 5.74) is 0. The Morgan fingerprint density at radius 2 is 2.29 bits per heavy atom. The van der Waals surface area contributed by atoms with Gasteiger partial charge in [-0.1, -0.05) is 0 Å². The predicted molar refractivity (Wildman–Crippen MR) is 67.5 cm³/mol. The highest BCUT2D eigenvalue weighted by Crippen LogP contribution is 2.09. The summed E-state index contributed by atoms with van der Waals surface area (Å²) in [6.45, 7) is 3.30. The van der Waals surface area contributed by atoms with Crippen molar-refractivity contribution in [2.75, 3.05) is 18.5 Å². The lowest BCUT2D eigenvalue weighted by atomic mass is 10.4. The van der Waals surface area contributed by atoms with E-state index in [0.717, 1.165) is 18.0 Å². The predicted octanol–water partition coefficient (Wildman–Crippen LogP) is 1.99. The molecule has 0 spiro atoms. The second-order valence-electron chi connectivity index (χ2n) is 3.25. The van der Waals surface area contributed by atoms with Gasteiger partial charge in [0, 0.05) is 36.8 Å². The van der Waals surface area contributed by atoms with E-state index >= 15 is 0 Å². The van der Waals surface area contributed by atoms with Crippen molar-refractivity contribution in [2.45, 2.75) is 13.3 Å². The average Bonchev–Trinajstić information content (AvgIpc) is 2.83. The Morgan fingerprint density at radius 1 is 1.35 bits per heavy atom. The fourth-order valence-electron chi connectivity index (χ4n) is 1.31. The Kier molecular flexibility index (Phi) is 4.26. The maximum Gasteiger partial charge on any atom is 0.225 e. The van der Waals surface area contributed by atoms with Gasteiger partial charge in [-0.05, 0) is 6.92 Å². The van der Waals surface area contributed by atoms with Gasteiger partial charge in [0.15, 0.2) is 0 Å². The molecule has 2 aromatic heterocycles. The van der Waals surface area contributed by atoms with E-state index in [1.807, 2.05) is 18.5 Å². The molecule has 0 saturated carbocycles. The lowest BCUT2D eigenvalue weighted by molar-refractivity contribution is 0.326. The van der Waals surface area contributed by atoms with Crippen LogP contribution in [0, 0.1) is 0 Å². The summed E-state index contributed by atoms with van der Waals surface area (Å²) in [5, 5.41) is 6.23. The van der Waals surface area contributed by atoms with Crippen LogP contribution in [0.2, 0.25) is 0 Å². The van der Waals surface area contributed by atoms with E-state index in [1.54, 1.807) is 23.6 Å². The first kappa shape index (κ1) is 11.8. The number of hydrogen-bond donors (Lipinski definition) is 1. The fraction of sp³-hybridized carbons (Fsp3) is 0.364. The fourth-order valence-corrected chi connectivity index (χ4v) is 1.93. The smallest absolute Gasteiger partial charge is 0.225 e. The summed E-state index contributed by atoms with van der Waals surface area (Å²) in [6.07, 6.45) is 4.37. The van der Waals surface area contributed by atoms with Crippen LogP contribution in [-0.2, 0) is 6.42 Å². The van der Waals surface area contributed by atoms with E-state index in [0.29, 0.717) is 18.4 Å². The second kappa shape index (κ2) is 6.15. The van der Waals surface area contributed by atoms with E-state index in [9.17, 15) is 0 Å². The molecule has 0 bridgehead atoms. The van der Waals surface area contributed by atoms with Crippen LogP contribution in [0.4, 0.5) is 5.95 Å². The van der Waals surface area contributed by atoms with Gasteiger partial charge in [0.05, 0.1) is 11.6 Å². The quantitative estimate of drug-likeness (QED) is 0.849. The highest BCUT2D eigenvalue weighted by atomic mass is 32.1. The lowest BCUT2D eigenvalue weighted by Crippen LogP contribution is -2.08. The van der Waals surface area contributed by atoms with Gasteiger partial charge in [0.25, 0.3) is 0 Å². The van der Waals surface area contributed by atoms with Crippen molar-refractivity contribution >= 4 is 17.3 Å². The standard InChI is InChI=1S/C11H14N4OS/c1-2-16-9-3-5-13-11(15-9)14-6-4-10-12-7-8-17-10/h3,5,7-8H,2,4,6H2,1H3,(H,13,14,15). The molecule has 1 N–H and O–H groups in total. The molecule has 6 heteroatoms. The van der Waals surface area contributed by atoms with Crippen molar-refractivity contribution in [1.82, 2.24) is 15.0 Å². The maximum absolute atomic E-state index is 5.30. The van der Waals surface area contributed by atoms with Crippen LogP contribution in [0.25, 0.3) is 0 Å². The third-order valence-electron chi connectivity index (χ3n) is 2.03. The summed E-state index contributed by atoms with van der Waals surface area (Å²) in [4.78, 5) is 12.5. The normalized spacial score (nSPS) is 10.2. The number of hydrogen-bond acceptors (Lipinski definition) is 6. The van der Waals surface area contributed by atoms with Crippen molar-refractivity contribution in [2.24, 2.45) is 0 Å². The number of aromatic nitrogens is 3. The summed E-state index contributed by atoms with van der Waals surface area (Å²) in [5.74, 6) is 1.19. The highest BCUT2D eigenvalue weighted by Gasteiger charge is 2.00. The molecule has 2 heterocycles. The summed E-state index contributed by atoms with van der Waals surface area (Å²) in [6, 6.07) is 1.75. The molecule has 0 aliphatic heterocycles. The minimum Gasteiger partial charge on any atom is -0.478 e. The highest BCUT2D eigenvalue weighted by molar-refractivity contribution is 7.09. The van der Waals surface area contributed by atoms with Crippen LogP contribution in [-0.4, -0.2) is 28.1 Å². The Balaban J connectivity index is 1.84. The zero-order valence-electron chi connectivity index (χ0n) is 9.59. The van der Waals surface area contributed by atoms with E-state index in [2.05, 4.69) is 20.3 Å². The molecule has 0 aromatic carbocycles. The molecule has 2 aromatic rings. The van der Waals surface area contributed by atoms with E-state index in [-0.39, 0.29) is 0 Å². The van der Waals surface area contributed by atoms with E-state index < -0.39 is 0 Å². The Bertz CT molecular complexity index is 446. The number of rotatable bonds is 6. The zero-order chi connectivity index (χ0) is 11.9. The first-order valence-corrected chi connectivity index (χ1v) is 6.34. The zero-order valence-corrected chi connectivity index (χ0v) is 10.4. The molecule has 0 atom stereocenters. The first-order valence-electron chi connectivity index (χ1n) is 5.46. The number of ether oxygens (including phenoxy) is 1. The Labute approximate surface area is 104 Å². The van der Waals surface area contributed by atoms with Crippen LogP contribution in [0.3, 0.4) is 0 Å². The van der Waals surface area contributed by atoms with Crippen molar-refractivity contribution in [3.8, 4) is 5.88 Å². The van der Waals surface area contributed by atoms with Crippen LogP contribution < -0.4 is 10.1 Å². The molecule has 90 valence electrons. The molecule has 0 aliphatic carbocycles. The van der Waals surface area contributed by atoms with Crippen LogP contribution in [0.15, 0.2) is 23.8 Å². The molecular formula is C11H14N4OS. The SMILES string of the molecule is CCOc1ccnc(NCCc2nccs2)n1. The van der Waals surface area contributed by atoms with Crippen LogP contribution >= 0.6 is 11.3 Å². The molecule has 17 heavy (non-hydrogen) atoms. The van der Waals surface area contributed by atoms with Crippen molar-refractivity contribution in [3.05, 3.63) is 28.8 Å². The second-order valence-corrected chi connectivity index (χ2v) is 4.23. The molecule has 2 rings (SSSR count). The van der Waals surface area contributed by atoms with Gasteiger partial charge >= 0.3 is 0 Å². The topological polar surface area (TPSA) is 59.9 Å². The molecule has 0 unspecified atom stereocenters. The number of anilines is 1. The minimum absolute atomic E-state index is 0.590. The van der Waals surface area contributed by atoms with Crippen LogP contribution in [0.5, 0.6) is 5.88 Å². The van der Waals surface area contributed by atoms with Crippen molar-refractivity contribution < 1.29 is 4.74 Å². The Morgan fingerprint density at radius 3 is 3.06 bits per heavy atom. The van der Waals surface area contributed by atoms with Gasteiger partial charge < -0.3 is 10.1 Å². The third-order valence-corrected chi connectivity index (χ3v) is 2.87.